The quantitative estimate of drug-likeness (QED) is 0.618. The molecule has 0 aliphatic carbocycles. The van der Waals surface area contributed by atoms with Gasteiger partial charge >= 0.3 is 5.63 Å². The summed E-state index contributed by atoms with van der Waals surface area (Å²) in [5.41, 5.74) is 1.79. The normalized spacial score (nSPS) is 12.6. The second-order valence-electron chi connectivity index (χ2n) is 6.92. The average Bonchev–Trinajstić information content (AvgIpc) is 2.71. The Hall–Kier alpha value is -3.48. The van der Waals surface area contributed by atoms with Gasteiger partial charge in [-0.2, -0.15) is 0 Å². The highest BCUT2D eigenvalue weighted by Gasteiger charge is 2.15. The fraction of sp³-hybridized carbons (Fsp3) is 0.273. The number of amides is 1. The molecule has 0 saturated carbocycles. The van der Waals surface area contributed by atoms with Crippen molar-refractivity contribution in [2.24, 2.45) is 0 Å². The number of likely N-dealkylation sites (N-methyl/N-ethyl adjacent to an activating group) is 1. The molecule has 0 bridgehead atoms. The van der Waals surface area contributed by atoms with E-state index in [2.05, 4.69) is 0 Å². The summed E-state index contributed by atoms with van der Waals surface area (Å²) in [4.78, 5) is 25.6. The number of fused-ring (bicyclic) bond motifs is 2. The van der Waals surface area contributed by atoms with Crippen molar-refractivity contribution >= 4 is 16.9 Å². The summed E-state index contributed by atoms with van der Waals surface area (Å²) in [5.74, 6) is 1.70. The number of carbonyl (C=O) groups is 1. The van der Waals surface area contributed by atoms with Crippen molar-refractivity contribution in [3.63, 3.8) is 0 Å². The third-order valence-corrected chi connectivity index (χ3v) is 4.74. The number of aryl methyl sites for hydroxylation is 1. The van der Waals surface area contributed by atoms with Crippen LogP contribution in [0.3, 0.4) is 0 Å². The van der Waals surface area contributed by atoms with Crippen LogP contribution >= 0.6 is 0 Å². The summed E-state index contributed by atoms with van der Waals surface area (Å²) < 4.78 is 21.9. The molecule has 1 aliphatic rings. The third kappa shape index (κ3) is 4.18. The largest absolute Gasteiger partial charge is 0.486 e. The average molecular weight is 395 g/mol. The molecule has 0 atom stereocenters. The first-order valence-electron chi connectivity index (χ1n) is 9.29. The molecule has 0 N–H and O–H groups in total. The van der Waals surface area contributed by atoms with E-state index in [1.54, 1.807) is 24.1 Å². The molecule has 4 rings (SSSR count). The van der Waals surface area contributed by atoms with Crippen LogP contribution in [-0.4, -0.2) is 37.7 Å². The van der Waals surface area contributed by atoms with E-state index >= 15 is 0 Å². The lowest BCUT2D eigenvalue weighted by molar-refractivity contribution is -0.132. The maximum absolute atomic E-state index is 12.5. The molecule has 0 spiro atoms. The van der Waals surface area contributed by atoms with Gasteiger partial charge in [-0.25, -0.2) is 4.79 Å². The van der Waals surface area contributed by atoms with Crippen LogP contribution in [0.2, 0.25) is 0 Å². The van der Waals surface area contributed by atoms with Crippen molar-refractivity contribution in [3.05, 3.63) is 64.0 Å². The highest BCUT2D eigenvalue weighted by Crippen LogP contribution is 2.31. The van der Waals surface area contributed by atoms with E-state index in [1.165, 1.54) is 6.07 Å². The molecule has 1 aliphatic heterocycles. The van der Waals surface area contributed by atoms with Crippen molar-refractivity contribution in [2.75, 3.05) is 26.9 Å². The molecule has 3 aromatic rings. The van der Waals surface area contributed by atoms with Gasteiger partial charge in [0.05, 0.1) is 0 Å². The zero-order valence-corrected chi connectivity index (χ0v) is 16.3. The number of carbonyl (C=O) groups excluding carboxylic acids is 1. The van der Waals surface area contributed by atoms with Crippen LogP contribution in [0.25, 0.3) is 11.0 Å². The highest BCUT2D eigenvalue weighted by molar-refractivity contribution is 5.81. The predicted molar refractivity (Wildman–Crippen MR) is 107 cm³/mol. The molecule has 0 unspecified atom stereocenters. The van der Waals surface area contributed by atoms with E-state index in [0.717, 1.165) is 22.3 Å². The summed E-state index contributed by atoms with van der Waals surface area (Å²) >= 11 is 0. The van der Waals surface area contributed by atoms with E-state index in [1.807, 2.05) is 31.2 Å². The van der Waals surface area contributed by atoms with Gasteiger partial charge in [0.25, 0.3) is 5.91 Å². The van der Waals surface area contributed by atoms with Gasteiger partial charge in [-0.15, -0.1) is 0 Å². The summed E-state index contributed by atoms with van der Waals surface area (Å²) in [5, 5.41) is 0.832. The van der Waals surface area contributed by atoms with Crippen LogP contribution in [0, 0.1) is 6.92 Å². The van der Waals surface area contributed by atoms with Gasteiger partial charge in [0.1, 0.15) is 24.5 Å². The lowest BCUT2D eigenvalue weighted by Gasteiger charge is -2.21. The molecule has 2 heterocycles. The maximum atomic E-state index is 12.5. The van der Waals surface area contributed by atoms with E-state index in [4.69, 9.17) is 18.6 Å². The SMILES string of the molecule is Cc1cc(=O)oc2cc(OCC(=O)N(C)Cc3ccc4c(c3)OCCO4)ccc12. The van der Waals surface area contributed by atoms with Crippen LogP contribution in [0.15, 0.2) is 51.7 Å². The van der Waals surface area contributed by atoms with Crippen LogP contribution in [0.1, 0.15) is 11.1 Å². The Morgan fingerprint density at radius 1 is 1.07 bits per heavy atom. The van der Waals surface area contributed by atoms with Crippen LogP contribution in [-0.2, 0) is 11.3 Å². The lowest BCUT2D eigenvalue weighted by atomic mass is 10.1. The Balaban J connectivity index is 1.39. The van der Waals surface area contributed by atoms with E-state index in [0.29, 0.717) is 36.8 Å². The molecule has 29 heavy (non-hydrogen) atoms. The monoisotopic (exact) mass is 395 g/mol. The highest BCUT2D eigenvalue weighted by atomic mass is 16.6. The first kappa shape index (κ1) is 18.9. The third-order valence-electron chi connectivity index (χ3n) is 4.74. The topological polar surface area (TPSA) is 78.2 Å². The number of benzene rings is 2. The second-order valence-corrected chi connectivity index (χ2v) is 6.92. The number of hydrogen-bond acceptors (Lipinski definition) is 6. The van der Waals surface area contributed by atoms with Crippen molar-refractivity contribution in [2.45, 2.75) is 13.5 Å². The Kier molecular flexibility index (Phi) is 5.12. The van der Waals surface area contributed by atoms with E-state index in [9.17, 15) is 9.59 Å². The summed E-state index contributed by atoms with van der Waals surface area (Å²) in [6.07, 6.45) is 0. The molecule has 7 heteroatoms. The van der Waals surface area contributed by atoms with Crippen molar-refractivity contribution in [1.82, 2.24) is 4.90 Å². The predicted octanol–water partition coefficient (Wildman–Crippen LogP) is 2.91. The standard InChI is InChI=1S/C22H21NO6/c1-14-9-22(25)29-19-11-16(4-5-17(14)19)28-13-21(24)23(2)12-15-3-6-18-20(10-15)27-8-7-26-18/h3-6,9-11H,7-8,12-13H2,1-2H3. The first-order chi connectivity index (χ1) is 14.0. The fourth-order valence-electron chi connectivity index (χ4n) is 3.20. The van der Waals surface area contributed by atoms with Crippen molar-refractivity contribution < 1.29 is 23.4 Å². The smallest absolute Gasteiger partial charge is 0.336 e. The van der Waals surface area contributed by atoms with Gasteiger partial charge in [0.2, 0.25) is 0 Å². The van der Waals surface area contributed by atoms with Gasteiger partial charge < -0.3 is 23.5 Å². The molecule has 1 amide bonds. The second kappa shape index (κ2) is 7.87. The summed E-state index contributed by atoms with van der Waals surface area (Å²) in [6, 6.07) is 12.3. The Morgan fingerprint density at radius 3 is 2.69 bits per heavy atom. The Bertz CT molecular complexity index is 1120. The zero-order valence-electron chi connectivity index (χ0n) is 16.3. The molecule has 150 valence electrons. The van der Waals surface area contributed by atoms with Gasteiger partial charge in [0, 0.05) is 31.1 Å². The van der Waals surface area contributed by atoms with E-state index in [-0.39, 0.29) is 12.5 Å². The molecular weight excluding hydrogens is 374 g/mol. The first-order valence-corrected chi connectivity index (χ1v) is 9.29. The Morgan fingerprint density at radius 2 is 1.86 bits per heavy atom. The number of hydrogen-bond donors (Lipinski definition) is 0. The minimum Gasteiger partial charge on any atom is -0.486 e. The molecule has 1 aromatic heterocycles. The van der Waals surface area contributed by atoms with Gasteiger partial charge in [0.15, 0.2) is 18.1 Å². The summed E-state index contributed by atoms with van der Waals surface area (Å²) in [6.45, 7) is 3.20. The van der Waals surface area contributed by atoms with Crippen LogP contribution < -0.4 is 19.8 Å². The number of ether oxygens (including phenoxy) is 3. The molecule has 2 aromatic carbocycles. The Labute approximate surface area is 167 Å². The number of nitrogens with zero attached hydrogens (tertiary/aromatic N) is 1. The molecule has 0 radical (unpaired) electrons. The molecule has 0 fully saturated rings. The zero-order chi connectivity index (χ0) is 20.4. The van der Waals surface area contributed by atoms with Crippen molar-refractivity contribution in [1.29, 1.82) is 0 Å². The maximum Gasteiger partial charge on any atom is 0.336 e. The molecule has 7 nitrogen and oxygen atoms in total. The number of rotatable bonds is 5. The molecular formula is C22H21NO6. The van der Waals surface area contributed by atoms with Crippen LogP contribution in [0.4, 0.5) is 0 Å². The molecule has 0 saturated heterocycles. The van der Waals surface area contributed by atoms with Gasteiger partial charge in [-0.1, -0.05) is 6.07 Å². The van der Waals surface area contributed by atoms with Gasteiger partial charge in [-0.3, -0.25) is 4.79 Å². The van der Waals surface area contributed by atoms with Crippen molar-refractivity contribution in [3.8, 4) is 17.2 Å². The fourth-order valence-corrected chi connectivity index (χ4v) is 3.20. The summed E-state index contributed by atoms with van der Waals surface area (Å²) in [7, 11) is 1.71. The minimum absolute atomic E-state index is 0.122. The van der Waals surface area contributed by atoms with Gasteiger partial charge in [-0.05, 0) is 42.3 Å². The minimum atomic E-state index is -0.414. The van der Waals surface area contributed by atoms with Crippen LogP contribution in [0.5, 0.6) is 17.2 Å². The van der Waals surface area contributed by atoms with E-state index < -0.39 is 5.63 Å². The lowest BCUT2D eigenvalue weighted by Crippen LogP contribution is -2.31.